The van der Waals surface area contributed by atoms with Gasteiger partial charge in [0, 0.05) is 24.7 Å². The van der Waals surface area contributed by atoms with Crippen LogP contribution in [0.15, 0.2) is 24.3 Å². The monoisotopic (exact) mass is 308 g/mol. The normalized spacial score (nSPS) is 15.1. The second-order valence-electron chi connectivity index (χ2n) is 5.74. The van der Waals surface area contributed by atoms with Crippen LogP contribution in [-0.2, 0) is 6.54 Å². The maximum absolute atomic E-state index is 13.9. The summed E-state index contributed by atoms with van der Waals surface area (Å²) in [5.41, 5.74) is 0.726. The van der Waals surface area contributed by atoms with Gasteiger partial charge in [-0.1, -0.05) is 44.4 Å². The summed E-state index contributed by atoms with van der Waals surface area (Å²) in [6.07, 6.45) is 7.06. The number of nitrogens with zero attached hydrogens (tertiary/aromatic N) is 1. The predicted molar refractivity (Wildman–Crippen MR) is 89.7 cm³/mol. The van der Waals surface area contributed by atoms with Crippen LogP contribution in [0.2, 0.25) is 0 Å². The Morgan fingerprint density at radius 2 is 2.05 bits per heavy atom. The highest BCUT2D eigenvalue weighted by Crippen LogP contribution is 2.25. The molecule has 1 aromatic rings. The predicted octanol–water partition coefficient (Wildman–Crippen LogP) is 4.24. The van der Waals surface area contributed by atoms with E-state index in [4.69, 9.17) is 12.2 Å². The van der Waals surface area contributed by atoms with E-state index < -0.39 is 0 Å². The van der Waals surface area contributed by atoms with Gasteiger partial charge in [-0.15, -0.1) is 0 Å². The second-order valence-corrected chi connectivity index (χ2v) is 6.13. The average Bonchev–Trinajstić information content (AvgIpc) is 3.00. The molecule has 1 N–H and O–H groups in total. The van der Waals surface area contributed by atoms with Gasteiger partial charge in [0.2, 0.25) is 0 Å². The zero-order valence-corrected chi connectivity index (χ0v) is 13.6. The summed E-state index contributed by atoms with van der Waals surface area (Å²) >= 11 is 5.56. The Morgan fingerprint density at radius 1 is 1.33 bits per heavy atom. The standard InChI is InChI=1S/C17H25FN2S/c1-2-3-12-19-17(21)20(15-9-5-6-10-15)13-14-8-4-7-11-16(14)18/h4,7-8,11,15H,2-3,5-6,9-10,12-13H2,1H3,(H,19,21). The van der Waals surface area contributed by atoms with Crippen molar-refractivity contribution in [1.29, 1.82) is 0 Å². The molecular weight excluding hydrogens is 283 g/mol. The van der Waals surface area contributed by atoms with Crippen LogP contribution >= 0.6 is 12.2 Å². The molecule has 0 saturated heterocycles. The van der Waals surface area contributed by atoms with Gasteiger partial charge in [-0.05, 0) is 37.5 Å². The van der Waals surface area contributed by atoms with Crippen LogP contribution in [0.1, 0.15) is 51.0 Å². The second kappa shape index (κ2) is 8.32. The highest BCUT2D eigenvalue weighted by molar-refractivity contribution is 7.80. The van der Waals surface area contributed by atoms with E-state index >= 15 is 0 Å². The molecule has 0 unspecified atom stereocenters. The molecule has 0 spiro atoms. The first-order valence-corrected chi connectivity index (χ1v) is 8.41. The number of benzene rings is 1. The Bertz CT molecular complexity index is 458. The van der Waals surface area contributed by atoms with E-state index in [0.29, 0.717) is 12.6 Å². The molecule has 2 rings (SSSR count). The van der Waals surface area contributed by atoms with Crippen molar-refractivity contribution >= 4 is 17.3 Å². The number of hydrogen-bond donors (Lipinski definition) is 1. The van der Waals surface area contributed by atoms with Gasteiger partial charge in [0.25, 0.3) is 0 Å². The molecule has 1 aliphatic rings. The number of rotatable bonds is 6. The highest BCUT2D eigenvalue weighted by Gasteiger charge is 2.25. The molecule has 2 nitrogen and oxygen atoms in total. The zero-order chi connectivity index (χ0) is 15.1. The van der Waals surface area contributed by atoms with Crippen molar-refractivity contribution in [2.45, 2.75) is 58.0 Å². The summed E-state index contributed by atoms with van der Waals surface area (Å²) in [6.45, 7) is 3.63. The minimum atomic E-state index is -0.142. The molecule has 0 atom stereocenters. The van der Waals surface area contributed by atoms with Crippen molar-refractivity contribution in [1.82, 2.24) is 10.2 Å². The van der Waals surface area contributed by atoms with Crippen LogP contribution in [0, 0.1) is 5.82 Å². The van der Waals surface area contributed by atoms with E-state index in [1.165, 1.54) is 18.9 Å². The van der Waals surface area contributed by atoms with Crippen molar-refractivity contribution in [3.8, 4) is 0 Å². The Morgan fingerprint density at radius 3 is 2.71 bits per heavy atom. The van der Waals surface area contributed by atoms with Gasteiger partial charge in [-0.3, -0.25) is 0 Å². The van der Waals surface area contributed by atoms with Crippen LogP contribution in [0.25, 0.3) is 0 Å². The van der Waals surface area contributed by atoms with Gasteiger partial charge in [-0.2, -0.15) is 0 Å². The molecule has 0 aliphatic heterocycles. The number of hydrogen-bond acceptors (Lipinski definition) is 1. The minimum absolute atomic E-state index is 0.142. The highest BCUT2D eigenvalue weighted by atomic mass is 32.1. The number of halogens is 1. The number of unbranched alkanes of at least 4 members (excludes halogenated alkanes) is 1. The maximum Gasteiger partial charge on any atom is 0.169 e. The molecule has 116 valence electrons. The van der Waals surface area contributed by atoms with Crippen molar-refractivity contribution in [2.24, 2.45) is 0 Å². The molecule has 1 saturated carbocycles. The molecule has 0 amide bonds. The molecular formula is C17H25FN2S. The summed E-state index contributed by atoms with van der Waals surface area (Å²) in [5, 5.41) is 4.11. The molecule has 4 heteroatoms. The summed E-state index contributed by atoms with van der Waals surface area (Å²) in [5.74, 6) is -0.142. The average molecular weight is 308 g/mol. The molecule has 0 heterocycles. The van der Waals surface area contributed by atoms with Crippen molar-refractivity contribution in [3.63, 3.8) is 0 Å². The van der Waals surface area contributed by atoms with Crippen LogP contribution < -0.4 is 5.32 Å². The summed E-state index contributed by atoms with van der Waals surface area (Å²) < 4.78 is 13.9. The third kappa shape index (κ3) is 4.67. The van der Waals surface area contributed by atoms with Gasteiger partial charge in [0.05, 0.1) is 0 Å². The molecule has 0 radical (unpaired) electrons. The Hall–Kier alpha value is -1.16. The van der Waals surface area contributed by atoms with E-state index in [-0.39, 0.29) is 5.82 Å². The zero-order valence-electron chi connectivity index (χ0n) is 12.8. The van der Waals surface area contributed by atoms with E-state index in [9.17, 15) is 4.39 Å². The molecule has 1 aliphatic carbocycles. The molecule has 0 aromatic heterocycles. The van der Waals surface area contributed by atoms with Gasteiger partial charge < -0.3 is 10.2 Å². The van der Waals surface area contributed by atoms with Crippen LogP contribution in [0.5, 0.6) is 0 Å². The van der Waals surface area contributed by atoms with E-state index in [0.717, 1.165) is 42.9 Å². The molecule has 1 fully saturated rings. The Balaban J connectivity index is 2.05. The maximum atomic E-state index is 13.9. The van der Waals surface area contributed by atoms with Gasteiger partial charge >= 0.3 is 0 Å². The first kappa shape index (κ1) is 16.2. The summed E-state index contributed by atoms with van der Waals surface area (Å²) in [4.78, 5) is 2.19. The van der Waals surface area contributed by atoms with Gasteiger partial charge in [-0.25, -0.2) is 4.39 Å². The third-order valence-electron chi connectivity index (χ3n) is 4.13. The number of nitrogens with one attached hydrogen (secondary N) is 1. The minimum Gasteiger partial charge on any atom is -0.363 e. The Kier molecular flexibility index (Phi) is 6.43. The van der Waals surface area contributed by atoms with Crippen LogP contribution in [0.4, 0.5) is 4.39 Å². The third-order valence-corrected chi connectivity index (χ3v) is 4.51. The van der Waals surface area contributed by atoms with Crippen LogP contribution in [-0.4, -0.2) is 22.6 Å². The summed E-state index contributed by atoms with van der Waals surface area (Å²) in [6, 6.07) is 7.45. The lowest BCUT2D eigenvalue weighted by molar-refractivity contribution is 0.299. The largest absolute Gasteiger partial charge is 0.363 e. The van der Waals surface area contributed by atoms with Crippen LogP contribution in [0.3, 0.4) is 0 Å². The molecule has 0 bridgehead atoms. The fourth-order valence-electron chi connectivity index (χ4n) is 2.87. The smallest absolute Gasteiger partial charge is 0.169 e. The lowest BCUT2D eigenvalue weighted by Crippen LogP contribution is -2.44. The molecule has 1 aromatic carbocycles. The summed E-state index contributed by atoms with van der Waals surface area (Å²) in [7, 11) is 0. The first-order valence-electron chi connectivity index (χ1n) is 8.00. The topological polar surface area (TPSA) is 15.3 Å². The fourth-order valence-corrected chi connectivity index (χ4v) is 3.18. The van der Waals surface area contributed by atoms with Gasteiger partial charge in [0.15, 0.2) is 5.11 Å². The Labute approximate surface area is 132 Å². The molecule has 21 heavy (non-hydrogen) atoms. The van der Waals surface area contributed by atoms with E-state index in [1.54, 1.807) is 6.07 Å². The van der Waals surface area contributed by atoms with Crippen molar-refractivity contribution < 1.29 is 4.39 Å². The fraction of sp³-hybridized carbons (Fsp3) is 0.588. The van der Waals surface area contributed by atoms with E-state index in [1.807, 2.05) is 12.1 Å². The van der Waals surface area contributed by atoms with Crippen molar-refractivity contribution in [2.75, 3.05) is 6.54 Å². The SMILES string of the molecule is CCCCNC(=S)N(Cc1ccccc1F)C1CCCC1. The van der Waals surface area contributed by atoms with Gasteiger partial charge in [0.1, 0.15) is 5.82 Å². The lowest BCUT2D eigenvalue weighted by Gasteiger charge is -2.32. The van der Waals surface area contributed by atoms with Crippen molar-refractivity contribution in [3.05, 3.63) is 35.6 Å². The lowest BCUT2D eigenvalue weighted by atomic mass is 10.1. The van der Waals surface area contributed by atoms with E-state index in [2.05, 4.69) is 17.1 Å². The quantitative estimate of drug-likeness (QED) is 0.625. The number of thiocarbonyl (C=S) groups is 1. The first-order chi connectivity index (χ1) is 10.2.